The van der Waals surface area contributed by atoms with Crippen molar-refractivity contribution >= 4 is 29.1 Å². The summed E-state index contributed by atoms with van der Waals surface area (Å²) in [4.78, 5) is 42.9. The average Bonchev–Trinajstić information content (AvgIpc) is 3.18. The second-order valence-corrected chi connectivity index (χ2v) is 9.43. The van der Waals surface area contributed by atoms with Crippen LogP contribution in [0.3, 0.4) is 0 Å². The first-order chi connectivity index (χ1) is 18.2. The molecule has 3 aromatic rings. The summed E-state index contributed by atoms with van der Waals surface area (Å²) in [5.41, 5.74) is 1.75. The standard InChI is InChI=1S/C27H27N3O7S/c1-6-36-24-18(9-8-10-20(24)35-5)23-22(26(32)37-7-2)16(4)28-27-29(23)25(31)21(38-27)14-17-12-11-15(3)19(13-17)30(33)34/h8-14,23H,6-7H2,1-5H3/b21-14+/t23-/m0/s1. The monoisotopic (exact) mass is 537 g/mol. The van der Waals surface area contributed by atoms with Gasteiger partial charge in [-0.3, -0.25) is 19.5 Å². The molecule has 0 fully saturated rings. The molecule has 1 atom stereocenters. The number of nitro benzene ring substituents is 1. The number of thiazole rings is 1. The Morgan fingerprint density at radius 2 is 1.97 bits per heavy atom. The second kappa shape index (κ2) is 11.0. The maximum atomic E-state index is 13.8. The Bertz CT molecular complexity index is 1630. The van der Waals surface area contributed by atoms with E-state index >= 15 is 0 Å². The number of para-hydroxylation sites is 1. The second-order valence-electron chi connectivity index (χ2n) is 8.42. The van der Waals surface area contributed by atoms with Gasteiger partial charge in [0.05, 0.1) is 41.0 Å². The third-order valence-corrected chi connectivity index (χ3v) is 7.04. The van der Waals surface area contributed by atoms with Crippen molar-refractivity contribution in [2.75, 3.05) is 20.3 Å². The summed E-state index contributed by atoms with van der Waals surface area (Å²) in [5.74, 6) is 0.270. The van der Waals surface area contributed by atoms with Gasteiger partial charge in [0.25, 0.3) is 11.2 Å². The number of allylic oxidation sites excluding steroid dienone is 1. The van der Waals surface area contributed by atoms with E-state index in [1.54, 1.807) is 57.2 Å². The molecule has 2 aromatic carbocycles. The zero-order chi connectivity index (χ0) is 27.6. The smallest absolute Gasteiger partial charge is 0.338 e. The fourth-order valence-electron chi connectivity index (χ4n) is 4.36. The van der Waals surface area contributed by atoms with Crippen LogP contribution < -0.4 is 24.4 Å². The van der Waals surface area contributed by atoms with Crippen molar-refractivity contribution in [1.82, 2.24) is 4.57 Å². The van der Waals surface area contributed by atoms with Crippen LogP contribution in [-0.2, 0) is 9.53 Å². The van der Waals surface area contributed by atoms with Gasteiger partial charge < -0.3 is 14.2 Å². The van der Waals surface area contributed by atoms with Crippen LogP contribution in [0.5, 0.6) is 11.5 Å². The molecule has 0 aliphatic carbocycles. The largest absolute Gasteiger partial charge is 0.493 e. The normalized spacial score (nSPS) is 15.1. The number of aryl methyl sites for hydroxylation is 1. The van der Waals surface area contributed by atoms with Gasteiger partial charge in [-0.2, -0.15) is 0 Å². The molecule has 2 heterocycles. The number of hydrogen-bond acceptors (Lipinski definition) is 9. The van der Waals surface area contributed by atoms with E-state index in [1.165, 1.54) is 17.7 Å². The molecule has 1 aliphatic rings. The minimum atomic E-state index is -0.892. The highest BCUT2D eigenvalue weighted by Gasteiger charge is 2.36. The number of aromatic nitrogens is 1. The van der Waals surface area contributed by atoms with E-state index in [9.17, 15) is 19.7 Å². The highest BCUT2D eigenvalue weighted by atomic mass is 32.1. The first kappa shape index (κ1) is 26.8. The molecular formula is C27H27N3O7S. The van der Waals surface area contributed by atoms with E-state index in [-0.39, 0.29) is 17.9 Å². The van der Waals surface area contributed by atoms with E-state index in [0.717, 1.165) is 11.3 Å². The Labute approximate surface area is 222 Å². The van der Waals surface area contributed by atoms with Gasteiger partial charge in [0.1, 0.15) is 6.04 Å². The van der Waals surface area contributed by atoms with E-state index < -0.39 is 22.5 Å². The quantitative estimate of drug-likeness (QED) is 0.245. The Morgan fingerprint density at radius 1 is 1.21 bits per heavy atom. The summed E-state index contributed by atoms with van der Waals surface area (Å²) in [6.45, 7) is 7.36. The predicted octanol–water partition coefficient (Wildman–Crippen LogP) is 3.42. The molecule has 10 nitrogen and oxygen atoms in total. The van der Waals surface area contributed by atoms with Gasteiger partial charge >= 0.3 is 5.97 Å². The molecule has 0 radical (unpaired) electrons. The SMILES string of the molecule is CCOC(=O)C1=C(C)N=c2s/c(=C/c3ccc(C)c([N+](=O)[O-])c3)c(=O)n2[C@H]1c1cccc(OC)c1OCC. The van der Waals surface area contributed by atoms with Gasteiger partial charge in [-0.25, -0.2) is 9.79 Å². The predicted molar refractivity (Wildman–Crippen MR) is 142 cm³/mol. The number of methoxy groups -OCH3 is 1. The first-order valence-electron chi connectivity index (χ1n) is 12.0. The minimum Gasteiger partial charge on any atom is -0.493 e. The maximum absolute atomic E-state index is 13.8. The Balaban J connectivity index is 2.01. The van der Waals surface area contributed by atoms with Crippen LogP contribution in [0.15, 0.2) is 57.5 Å². The lowest BCUT2D eigenvalue weighted by molar-refractivity contribution is -0.385. The number of fused-ring (bicyclic) bond motifs is 1. The topological polar surface area (TPSA) is 122 Å². The molecule has 1 aromatic heterocycles. The molecule has 38 heavy (non-hydrogen) atoms. The van der Waals surface area contributed by atoms with Gasteiger partial charge in [0, 0.05) is 17.2 Å². The Kier molecular flexibility index (Phi) is 7.77. The number of nitrogens with zero attached hydrogens (tertiary/aromatic N) is 3. The fourth-order valence-corrected chi connectivity index (χ4v) is 5.40. The number of rotatable bonds is 8. The number of benzene rings is 2. The molecule has 198 valence electrons. The van der Waals surface area contributed by atoms with Crippen molar-refractivity contribution in [2.45, 2.75) is 33.7 Å². The van der Waals surface area contributed by atoms with Crippen LogP contribution in [0.1, 0.15) is 43.5 Å². The number of esters is 1. The van der Waals surface area contributed by atoms with Crippen LogP contribution in [-0.4, -0.2) is 35.8 Å². The molecule has 11 heteroatoms. The first-order valence-corrected chi connectivity index (χ1v) is 12.8. The Hall–Kier alpha value is -4.25. The van der Waals surface area contributed by atoms with E-state index in [4.69, 9.17) is 14.2 Å². The van der Waals surface area contributed by atoms with Crippen molar-refractivity contribution in [1.29, 1.82) is 0 Å². The summed E-state index contributed by atoms with van der Waals surface area (Å²) in [5, 5.41) is 11.4. The van der Waals surface area contributed by atoms with Crippen LogP contribution in [0.4, 0.5) is 5.69 Å². The van der Waals surface area contributed by atoms with Gasteiger partial charge in [0.15, 0.2) is 16.3 Å². The zero-order valence-electron chi connectivity index (χ0n) is 21.6. The van der Waals surface area contributed by atoms with Crippen LogP contribution in [0.2, 0.25) is 0 Å². The number of carbonyl (C=O) groups excluding carboxylic acids is 1. The lowest BCUT2D eigenvalue weighted by Crippen LogP contribution is -2.40. The Morgan fingerprint density at radius 3 is 2.63 bits per heavy atom. The maximum Gasteiger partial charge on any atom is 0.338 e. The summed E-state index contributed by atoms with van der Waals surface area (Å²) in [6.07, 6.45) is 1.59. The molecule has 0 amide bonds. The van der Waals surface area contributed by atoms with Crippen molar-refractivity contribution < 1.29 is 23.9 Å². The van der Waals surface area contributed by atoms with Crippen molar-refractivity contribution in [2.24, 2.45) is 4.99 Å². The van der Waals surface area contributed by atoms with Gasteiger partial charge in [-0.1, -0.05) is 35.6 Å². The van der Waals surface area contributed by atoms with E-state index in [1.807, 2.05) is 6.92 Å². The molecule has 0 bridgehead atoms. The van der Waals surface area contributed by atoms with Gasteiger partial charge in [0.2, 0.25) is 0 Å². The van der Waals surface area contributed by atoms with Crippen LogP contribution >= 0.6 is 11.3 Å². The lowest BCUT2D eigenvalue weighted by atomic mass is 9.94. The zero-order valence-corrected chi connectivity index (χ0v) is 22.5. The summed E-state index contributed by atoms with van der Waals surface area (Å²) < 4.78 is 18.5. The summed E-state index contributed by atoms with van der Waals surface area (Å²) >= 11 is 1.13. The molecule has 0 unspecified atom stereocenters. The van der Waals surface area contributed by atoms with Crippen molar-refractivity contribution in [3.05, 3.63) is 94.2 Å². The minimum absolute atomic E-state index is 0.0393. The summed E-state index contributed by atoms with van der Waals surface area (Å²) in [6, 6.07) is 9.15. The van der Waals surface area contributed by atoms with Crippen LogP contribution in [0.25, 0.3) is 6.08 Å². The van der Waals surface area contributed by atoms with Crippen LogP contribution in [0, 0.1) is 17.0 Å². The molecule has 0 saturated carbocycles. The fraction of sp³-hybridized carbons (Fsp3) is 0.296. The van der Waals surface area contributed by atoms with Gasteiger partial charge in [-0.05, 0) is 45.4 Å². The van der Waals surface area contributed by atoms with E-state index in [0.29, 0.717) is 49.8 Å². The number of hydrogen-bond donors (Lipinski definition) is 0. The molecule has 0 N–H and O–H groups in total. The third-order valence-electron chi connectivity index (χ3n) is 6.06. The molecule has 4 rings (SSSR count). The number of ether oxygens (including phenoxy) is 3. The third kappa shape index (κ3) is 4.84. The highest BCUT2D eigenvalue weighted by Crippen LogP contribution is 2.40. The number of nitro groups is 1. The number of carbonyl (C=O) groups is 1. The molecule has 0 spiro atoms. The summed E-state index contributed by atoms with van der Waals surface area (Å²) in [7, 11) is 1.52. The lowest BCUT2D eigenvalue weighted by Gasteiger charge is -2.26. The molecule has 0 saturated heterocycles. The molecular weight excluding hydrogens is 510 g/mol. The average molecular weight is 538 g/mol. The molecule has 1 aliphatic heterocycles. The van der Waals surface area contributed by atoms with Crippen molar-refractivity contribution in [3.63, 3.8) is 0 Å². The van der Waals surface area contributed by atoms with E-state index in [2.05, 4.69) is 4.99 Å². The van der Waals surface area contributed by atoms with Gasteiger partial charge in [-0.15, -0.1) is 0 Å². The van der Waals surface area contributed by atoms with Crippen molar-refractivity contribution in [3.8, 4) is 11.5 Å². The highest BCUT2D eigenvalue weighted by molar-refractivity contribution is 7.07.